The molecule has 4 nitrogen and oxygen atoms in total. The Morgan fingerprint density at radius 1 is 0.963 bits per heavy atom. The largest absolute Gasteiger partial charge is 0.497 e. The molecule has 3 rings (SSSR count). The van der Waals surface area contributed by atoms with E-state index in [-0.39, 0.29) is 22.0 Å². The number of nitrogens with zero attached hydrogens (tertiary/aromatic N) is 1. The van der Waals surface area contributed by atoms with E-state index in [1.54, 1.807) is 42.5 Å². The molecule has 0 saturated carbocycles. The van der Waals surface area contributed by atoms with Crippen LogP contribution in [0.5, 0.6) is 5.75 Å². The first-order valence-corrected chi connectivity index (χ1v) is 9.90. The summed E-state index contributed by atoms with van der Waals surface area (Å²) in [6.07, 6.45) is 0. The molecular weight excluding hydrogens is 389 g/mol. The summed E-state index contributed by atoms with van der Waals surface area (Å²) in [6, 6.07) is 18.7. The van der Waals surface area contributed by atoms with Crippen LogP contribution in [0.25, 0.3) is 0 Å². The van der Waals surface area contributed by atoms with Crippen LogP contribution in [0.15, 0.2) is 77.7 Å². The molecule has 0 spiro atoms. The van der Waals surface area contributed by atoms with E-state index >= 15 is 0 Å². The molecule has 0 aliphatic rings. The highest BCUT2D eigenvalue weighted by atomic mass is 35.5. The van der Waals surface area contributed by atoms with Gasteiger partial charge in [0.1, 0.15) is 11.6 Å². The van der Waals surface area contributed by atoms with Gasteiger partial charge in [-0.3, -0.25) is 4.31 Å². The minimum absolute atomic E-state index is 0.105. The SMILES string of the molecule is COc1ccc(N(Cc2c(F)cccc2Cl)S(=O)(=O)c2ccccc2)cc1. The number of sulfonamides is 1. The van der Waals surface area contributed by atoms with Gasteiger partial charge < -0.3 is 4.74 Å². The standard InChI is InChI=1S/C20H17ClFNO3S/c1-26-16-12-10-15(11-13-16)23(14-18-19(21)8-5-9-20(18)22)27(24,25)17-6-3-2-4-7-17/h2-13H,14H2,1H3. The van der Waals surface area contributed by atoms with Crippen molar-refractivity contribution >= 4 is 27.3 Å². The van der Waals surface area contributed by atoms with Crippen LogP contribution in [0.4, 0.5) is 10.1 Å². The summed E-state index contributed by atoms with van der Waals surface area (Å²) in [6.45, 7) is -0.241. The van der Waals surface area contributed by atoms with Crippen molar-refractivity contribution < 1.29 is 17.5 Å². The summed E-state index contributed by atoms with van der Waals surface area (Å²) in [5.74, 6) is 0.0176. The Labute approximate surface area is 162 Å². The highest BCUT2D eigenvalue weighted by Crippen LogP contribution is 2.30. The molecule has 0 fully saturated rings. The van der Waals surface area contributed by atoms with E-state index in [1.165, 1.54) is 37.4 Å². The molecule has 0 aromatic heterocycles. The van der Waals surface area contributed by atoms with Crippen molar-refractivity contribution in [1.82, 2.24) is 0 Å². The molecule has 0 unspecified atom stereocenters. The number of ether oxygens (including phenoxy) is 1. The zero-order valence-electron chi connectivity index (χ0n) is 14.5. The molecular formula is C20H17ClFNO3S. The van der Waals surface area contributed by atoms with Gasteiger partial charge in [-0.15, -0.1) is 0 Å². The van der Waals surface area contributed by atoms with Crippen LogP contribution in [0.3, 0.4) is 0 Å². The second-order valence-electron chi connectivity index (χ2n) is 5.72. The smallest absolute Gasteiger partial charge is 0.264 e. The van der Waals surface area contributed by atoms with E-state index in [2.05, 4.69) is 0 Å². The number of halogens is 2. The van der Waals surface area contributed by atoms with Gasteiger partial charge >= 0.3 is 0 Å². The molecule has 0 bridgehead atoms. The normalized spacial score (nSPS) is 11.2. The third kappa shape index (κ3) is 4.07. The number of methoxy groups -OCH3 is 1. The predicted molar refractivity (Wildman–Crippen MR) is 104 cm³/mol. The molecule has 0 atom stereocenters. The van der Waals surface area contributed by atoms with Gasteiger partial charge in [0.05, 0.1) is 24.2 Å². The van der Waals surface area contributed by atoms with Crippen LogP contribution in [-0.4, -0.2) is 15.5 Å². The maximum absolute atomic E-state index is 14.3. The molecule has 0 amide bonds. The lowest BCUT2D eigenvalue weighted by Gasteiger charge is -2.25. The Bertz CT molecular complexity index is 1000. The van der Waals surface area contributed by atoms with Gasteiger partial charge in [-0.1, -0.05) is 35.9 Å². The molecule has 140 valence electrons. The van der Waals surface area contributed by atoms with Gasteiger partial charge in [-0.25, -0.2) is 12.8 Å². The molecule has 0 N–H and O–H groups in total. The van der Waals surface area contributed by atoms with Crippen LogP contribution < -0.4 is 9.04 Å². The highest BCUT2D eigenvalue weighted by molar-refractivity contribution is 7.92. The van der Waals surface area contributed by atoms with Crippen molar-refractivity contribution in [3.63, 3.8) is 0 Å². The Hall–Kier alpha value is -2.57. The Morgan fingerprint density at radius 3 is 2.22 bits per heavy atom. The van der Waals surface area contributed by atoms with E-state index in [1.807, 2.05) is 0 Å². The van der Waals surface area contributed by atoms with E-state index in [0.717, 1.165) is 4.31 Å². The van der Waals surface area contributed by atoms with E-state index in [4.69, 9.17) is 16.3 Å². The summed E-state index contributed by atoms with van der Waals surface area (Å²) < 4.78 is 47.1. The van der Waals surface area contributed by atoms with Gasteiger partial charge in [0.2, 0.25) is 0 Å². The molecule has 27 heavy (non-hydrogen) atoms. The lowest BCUT2D eigenvalue weighted by molar-refractivity contribution is 0.415. The molecule has 3 aromatic carbocycles. The fraction of sp³-hybridized carbons (Fsp3) is 0.100. The van der Waals surface area contributed by atoms with Gasteiger partial charge in [-0.2, -0.15) is 0 Å². The van der Waals surface area contributed by atoms with Crippen LogP contribution in [-0.2, 0) is 16.6 Å². The third-order valence-corrected chi connectivity index (χ3v) is 6.20. The fourth-order valence-electron chi connectivity index (χ4n) is 2.61. The number of hydrogen-bond donors (Lipinski definition) is 0. The van der Waals surface area contributed by atoms with Crippen molar-refractivity contribution in [2.24, 2.45) is 0 Å². The number of benzene rings is 3. The first-order chi connectivity index (χ1) is 12.9. The predicted octanol–water partition coefficient (Wildman–Crippen LogP) is 4.88. The number of anilines is 1. The Kier molecular flexibility index (Phi) is 5.68. The lowest BCUT2D eigenvalue weighted by atomic mass is 10.2. The molecule has 0 heterocycles. The van der Waals surface area contributed by atoms with Gasteiger partial charge in [0, 0.05) is 10.6 Å². The monoisotopic (exact) mass is 405 g/mol. The quantitative estimate of drug-likeness (QED) is 0.587. The fourth-order valence-corrected chi connectivity index (χ4v) is 4.29. The molecule has 0 aliphatic carbocycles. The molecule has 0 aliphatic heterocycles. The summed E-state index contributed by atoms with van der Waals surface area (Å²) in [5, 5.41) is 0.164. The zero-order chi connectivity index (χ0) is 19.4. The maximum Gasteiger partial charge on any atom is 0.264 e. The van der Waals surface area contributed by atoms with E-state index in [0.29, 0.717) is 11.4 Å². The van der Waals surface area contributed by atoms with Gasteiger partial charge in [0.25, 0.3) is 10.0 Å². The van der Waals surface area contributed by atoms with Crippen molar-refractivity contribution in [2.45, 2.75) is 11.4 Å². The average molecular weight is 406 g/mol. The Balaban J connectivity index is 2.11. The van der Waals surface area contributed by atoms with Gasteiger partial charge in [-0.05, 0) is 48.5 Å². The van der Waals surface area contributed by atoms with Crippen molar-refractivity contribution in [2.75, 3.05) is 11.4 Å². The number of rotatable bonds is 6. The first-order valence-electron chi connectivity index (χ1n) is 8.08. The van der Waals surface area contributed by atoms with Crippen molar-refractivity contribution in [3.8, 4) is 5.75 Å². The minimum atomic E-state index is -3.94. The lowest BCUT2D eigenvalue weighted by Crippen LogP contribution is -2.31. The van der Waals surface area contributed by atoms with Crippen molar-refractivity contribution in [3.05, 3.63) is 89.2 Å². The Morgan fingerprint density at radius 2 is 1.63 bits per heavy atom. The van der Waals surface area contributed by atoms with Crippen molar-refractivity contribution in [1.29, 1.82) is 0 Å². The second kappa shape index (κ2) is 7.98. The first kappa shape index (κ1) is 19.2. The maximum atomic E-state index is 14.3. The van der Waals surface area contributed by atoms with Crippen LogP contribution in [0, 0.1) is 5.82 Å². The van der Waals surface area contributed by atoms with Crippen LogP contribution in [0.1, 0.15) is 5.56 Å². The zero-order valence-corrected chi connectivity index (χ0v) is 16.0. The minimum Gasteiger partial charge on any atom is -0.497 e. The summed E-state index contributed by atoms with van der Waals surface area (Å²) in [7, 11) is -2.42. The van der Waals surface area contributed by atoms with E-state index in [9.17, 15) is 12.8 Å². The average Bonchev–Trinajstić information content (AvgIpc) is 2.68. The van der Waals surface area contributed by atoms with Crippen LogP contribution >= 0.6 is 11.6 Å². The summed E-state index contributed by atoms with van der Waals surface area (Å²) in [5.41, 5.74) is 0.480. The molecule has 0 radical (unpaired) electrons. The van der Waals surface area contributed by atoms with E-state index < -0.39 is 15.8 Å². The van der Waals surface area contributed by atoms with Gasteiger partial charge in [0.15, 0.2) is 0 Å². The third-order valence-electron chi connectivity index (χ3n) is 4.06. The topological polar surface area (TPSA) is 46.6 Å². The highest BCUT2D eigenvalue weighted by Gasteiger charge is 2.27. The molecule has 7 heteroatoms. The number of hydrogen-bond acceptors (Lipinski definition) is 3. The summed E-state index contributed by atoms with van der Waals surface area (Å²) in [4.78, 5) is 0.105. The van der Waals surface area contributed by atoms with Crippen LogP contribution in [0.2, 0.25) is 5.02 Å². The molecule has 0 saturated heterocycles. The molecule has 3 aromatic rings. The summed E-state index contributed by atoms with van der Waals surface area (Å²) >= 11 is 6.12. The second-order valence-corrected chi connectivity index (χ2v) is 7.99.